The number of carbonyl (C=O) groups excluding carboxylic acids is 1. The van der Waals surface area contributed by atoms with Crippen molar-refractivity contribution in [2.24, 2.45) is 5.92 Å². The molecule has 1 fully saturated rings. The minimum Gasteiger partial charge on any atom is -0.467 e. The number of ether oxygens (including phenoxy) is 1. The van der Waals surface area contributed by atoms with E-state index in [4.69, 9.17) is 9.15 Å². The first kappa shape index (κ1) is 14.1. The molecule has 5 heteroatoms. The van der Waals surface area contributed by atoms with Crippen molar-refractivity contribution in [3.8, 4) is 0 Å². The summed E-state index contributed by atoms with van der Waals surface area (Å²) in [5.74, 6) is 1.04. The monoisotopic (exact) mass is 267 g/mol. The summed E-state index contributed by atoms with van der Waals surface area (Å²) in [6, 6.07) is 3.32. The number of furan rings is 1. The number of aliphatic hydroxyl groups excluding tert-OH is 1. The predicted molar refractivity (Wildman–Crippen MR) is 69.4 cm³/mol. The van der Waals surface area contributed by atoms with Crippen molar-refractivity contribution in [1.82, 2.24) is 5.32 Å². The summed E-state index contributed by atoms with van der Waals surface area (Å²) in [6.07, 6.45) is 3.67. The van der Waals surface area contributed by atoms with Crippen LogP contribution in [-0.4, -0.2) is 30.3 Å². The van der Waals surface area contributed by atoms with Crippen molar-refractivity contribution in [3.63, 3.8) is 0 Å². The molecule has 1 heterocycles. The van der Waals surface area contributed by atoms with Crippen LogP contribution in [0.15, 0.2) is 22.8 Å². The lowest BCUT2D eigenvalue weighted by Crippen LogP contribution is -2.36. The van der Waals surface area contributed by atoms with Gasteiger partial charge in [0.1, 0.15) is 18.5 Å². The van der Waals surface area contributed by atoms with Crippen LogP contribution >= 0.6 is 0 Å². The zero-order valence-corrected chi connectivity index (χ0v) is 11.2. The largest absolute Gasteiger partial charge is 0.467 e. The van der Waals surface area contributed by atoms with Gasteiger partial charge in [0.2, 0.25) is 5.91 Å². The second-order valence-electron chi connectivity index (χ2n) is 5.19. The molecule has 2 atom stereocenters. The third-order valence-corrected chi connectivity index (χ3v) is 3.14. The van der Waals surface area contributed by atoms with Crippen molar-refractivity contribution in [3.05, 3.63) is 24.2 Å². The third kappa shape index (κ3) is 5.04. The lowest BCUT2D eigenvalue weighted by atomic mass is 10.1. The Morgan fingerprint density at radius 2 is 2.42 bits per heavy atom. The van der Waals surface area contributed by atoms with E-state index in [9.17, 15) is 9.90 Å². The van der Waals surface area contributed by atoms with Crippen LogP contribution in [0, 0.1) is 5.92 Å². The molecule has 1 amide bonds. The lowest BCUT2D eigenvalue weighted by Gasteiger charge is -2.16. The normalized spacial score (nSPS) is 18.0. The molecule has 2 unspecified atom stereocenters. The topological polar surface area (TPSA) is 71.7 Å². The average molecular weight is 267 g/mol. The zero-order chi connectivity index (χ0) is 13.7. The highest BCUT2D eigenvalue weighted by atomic mass is 16.5. The van der Waals surface area contributed by atoms with Gasteiger partial charge in [0, 0.05) is 12.5 Å². The molecule has 0 aromatic carbocycles. The molecule has 2 N–H and O–H groups in total. The molecule has 0 saturated heterocycles. The molecule has 1 aliphatic rings. The van der Waals surface area contributed by atoms with E-state index in [0.29, 0.717) is 24.7 Å². The Morgan fingerprint density at radius 3 is 3.05 bits per heavy atom. The Balaban J connectivity index is 1.62. The molecule has 0 bridgehead atoms. The van der Waals surface area contributed by atoms with E-state index in [1.54, 1.807) is 12.1 Å². The summed E-state index contributed by atoms with van der Waals surface area (Å²) in [7, 11) is 0. The number of carbonyl (C=O) groups is 1. The van der Waals surface area contributed by atoms with Crippen LogP contribution < -0.4 is 5.32 Å². The summed E-state index contributed by atoms with van der Waals surface area (Å²) in [5, 5.41) is 12.7. The minimum absolute atomic E-state index is 0.0949. The second kappa shape index (κ2) is 6.73. The molecule has 106 valence electrons. The molecule has 2 rings (SSSR count). The molecular weight excluding hydrogens is 246 g/mol. The van der Waals surface area contributed by atoms with Crippen molar-refractivity contribution in [2.45, 2.75) is 38.3 Å². The van der Waals surface area contributed by atoms with Crippen LogP contribution in [0.4, 0.5) is 0 Å². The van der Waals surface area contributed by atoms with E-state index in [1.165, 1.54) is 19.1 Å². The van der Waals surface area contributed by atoms with Crippen molar-refractivity contribution in [1.29, 1.82) is 0 Å². The molecule has 1 aromatic heterocycles. The Labute approximate surface area is 112 Å². The van der Waals surface area contributed by atoms with E-state index < -0.39 is 6.10 Å². The lowest BCUT2D eigenvalue weighted by molar-refractivity contribution is -0.126. The van der Waals surface area contributed by atoms with Crippen LogP contribution in [0.3, 0.4) is 0 Å². The molecule has 0 spiro atoms. The fraction of sp³-hybridized carbons (Fsp3) is 0.643. The van der Waals surface area contributed by atoms with Crippen molar-refractivity contribution < 1.29 is 19.1 Å². The Hall–Kier alpha value is -1.33. The van der Waals surface area contributed by atoms with Gasteiger partial charge in [0.25, 0.3) is 0 Å². The van der Waals surface area contributed by atoms with Crippen LogP contribution in [0.1, 0.15) is 38.1 Å². The van der Waals surface area contributed by atoms with Gasteiger partial charge in [-0.25, -0.2) is 0 Å². The summed E-state index contributed by atoms with van der Waals surface area (Å²) in [5.41, 5.74) is 0. The van der Waals surface area contributed by atoms with Gasteiger partial charge in [-0.15, -0.1) is 0 Å². The van der Waals surface area contributed by atoms with Crippen molar-refractivity contribution >= 4 is 5.91 Å². The first-order chi connectivity index (χ1) is 9.15. The fourth-order valence-corrected chi connectivity index (χ4v) is 1.91. The summed E-state index contributed by atoms with van der Waals surface area (Å²) in [4.78, 5) is 11.6. The van der Waals surface area contributed by atoms with Gasteiger partial charge < -0.3 is 19.6 Å². The van der Waals surface area contributed by atoms with Gasteiger partial charge >= 0.3 is 0 Å². The third-order valence-electron chi connectivity index (χ3n) is 3.14. The Bertz CT molecular complexity index is 386. The number of aliphatic hydroxyl groups is 1. The maximum absolute atomic E-state index is 11.6. The van der Waals surface area contributed by atoms with E-state index in [0.717, 1.165) is 0 Å². The zero-order valence-electron chi connectivity index (χ0n) is 11.2. The molecule has 1 aliphatic carbocycles. The first-order valence-corrected chi connectivity index (χ1v) is 6.73. The highest BCUT2D eigenvalue weighted by Gasteiger charge is 2.22. The summed E-state index contributed by atoms with van der Waals surface area (Å²) < 4.78 is 10.4. The van der Waals surface area contributed by atoms with E-state index in [-0.39, 0.29) is 18.6 Å². The quantitative estimate of drug-likeness (QED) is 0.751. The highest BCUT2D eigenvalue weighted by molar-refractivity contribution is 5.77. The Kier molecular flexibility index (Phi) is 4.99. The van der Waals surface area contributed by atoms with Gasteiger partial charge in [-0.1, -0.05) is 0 Å². The molecule has 1 aromatic rings. The maximum atomic E-state index is 11.6. The van der Waals surface area contributed by atoms with E-state index >= 15 is 0 Å². The van der Waals surface area contributed by atoms with Gasteiger partial charge in [-0.3, -0.25) is 4.79 Å². The van der Waals surface area contributed by atoms with Gasteiger partial charge in [-0.05, 0) is 37.8 Å². The number of hydrogen-bond donors (Lipinski definition) is 2. The first-order valence-electron chi connectivity index (χ1n) is 6.73. The predicted octanol–water partition coefficient (Wildman–Crippen LogP) is 1.63. The fourth-order valence-electron chi connectivity index (χ4n) is 1.91. The van der Waals surface area contributed by atoms with Gasteiger partial charge in [0.05, 0.1) is 12.9 Å². The molecule has 1 saturated carbocycles. The number of hydrogen-bond acceptors (Lipinski definition) is 4. The minimum atomic E-state index is -0.697. The number of nitrogens with one attached hydrogen (secondary N) is 1. The van der Waals surface area contributed by atoms with Crippen LogP contribution in [0.2, 0.25) is 0 Å². The molecule has 19 heavy (non-hydrogen) atoms. The second-order valence-corrected chi connectivity index (χ2v) is 5.19. The standard InChI is InChI=1S/C14H21NO4/c1-10(7-12(16)13-3-2-6-19-13)15-14(17)9-18-8-11-4-5-11/h2-3,6,10-12,16H,4-5,7-9H2,1H3,(H,15,17). The van der Waals surface area contributed by atoms with Gasteiger partial charge in [-0.2, -0.15) is 0 Å². The number of amides is 1. The smallest absolute Gasteiger partial charge is 0.246 e. The van der Waals surface area contributed by atoms with Crippen LogP contribution in [-0.2, 0) is 9.53 Å². The van der Waals surface area contributed by atoms with Gasteiger partial charge in [0.15, 0.2) is 0 Å². The molecule has 0 radical (unpaired) electrons. The SMILES string of the molecule is CC(CC(O)c1ccco1)NC(=O)COCC1CC1. The highest BCUT2D eigenvalue weighted by Crippen LogP contribution is 2.28. The van der Waals surface area contributed by atoms with Crippen LogP contribution in [0.5, 0.6) is 0 Å². The Morgan fingerprint density at radius 1 is 1.63 bits per heavy atom. The van der Waals surface area contributed by atoms with Crippen molar-refractivity contribution in [2.75, 3.05) is 13.2 Å². The van der Waals surface area contributed by atoms with E-state index in [2.05, 4.69) is 5.32 Å². The van der Waals surface area contributed by atoms with E-state index in [1.807, 2.05) is 6.92 Å². The molecule has 0 aliphatic heterocycles. The molecule has 5 nitrogen and oxygen atoms in total. The molecular formula is C14H21NO4. The maximum Gasteiger partial charge on any atom is 0.246 e. The number of rotatable bonds is 8. The average Bonchev–Trinajstić information content (AvgIpc) is 3.01. The van der Waals surface area contributed by atoms with Crippen LogP contribution in [0.25, 0.3) is 0 Å². The summed E-state index contributed by atoms with van der Waals surface area (Å²) in [6.45, 7) is 2.62. The summed E-state index contributed by atoms with van der Waals surface area (Å²) >= 11 is 0.